The van der Waals surface area contributed by atoms with Crippen LogP contribution in [0.2, 0.25) is 0 Å². The van der Waals surface area contributed by atoms with E-state index in [1.54, 1.807) is 6.07 Å². The van der Waals surface area contributed by atoms with Gasteiger partial charge in [-0.2, -0.15) is 5.26 Å². The molecule has 0 aromatic heterocycles. The lowest BCUT2D eigenvalue weighted by Gasteiger charge is -2.38. The number of hydrogen-bond acceptors (Lipinski definition) is 3. The number of aryl methyl sites for hydroxylation is 1. The Kier molecular flexibility index (Phi) is 3.00. The minimum atomic E-state index is -0.804. The van der Waals surface area contributed by atoms with Gasteiger partial charge in [-0.15, -0.1) is 0 Å². The van der Waals surface area contributed by atoms with Crippen LogP contribution in [0.1, 0.15) is 36.0 Å². The van der Waals surface area contributed by atoms with Gasteiger partial charge in [-0.25, -0.2) is 0 Å². The lowest BCUT2D eigenvalue weighted by molar-refractivity contribution is -0.147. The summed E-state index contributed by atoms with van der Waals surface area (Å²) in [7, 11) is 1.51. The average Bonchev–Trinajstić information content (AvgIpc) is 2.26. The van der Waals surface area contributed by atoms with Gasteiger partial charge in [0.15, 0.2) is 0 Å². The quantitative estimate of drug-likeness (QED) is 0.887. The van der Waals surface area contributed by atoms with Gasteiger partial charge in [0.1, 0.15) is 11.8 Å². The Morgan fingerprint density at radius 3 is 2.56 bits per heavy atom. The zero-order valence-corrected chi connectivity index (χ0v) is 10.5. The van der Waals surface area contributed by atoms with Gasteiger partial charge >= 0.3 is 5.97 Å². The van der Waals surface area contributed by atoms with Crippen molar-refractivity contribution in [2.75, 3.05) is 7.11 Å². The Hall–Kier alpha value is -2.02. The van der Waals surface area contributed by atoms with Crippen molar-refractivity contribution in [3.63, 3.8) is 0 Å². The third-order valence-corrected chi connectivity index (χ3v) is 3.77. The number of nitrogens with zero attached hydrogens (tertiary/aromatic N) is 1. The Balaban J connectivity index is 2.57. The molecule has 4 nitrogen and oxygen atoms in total. The summed E-state index contributed by atoms with van der Waals surface area (Å²) in [5, 5.41) is 18.5. The summed E-state index contributed by atoms with van der Waals surface area (Å²) in [6, 6.07) is 5.55. The van der Waals surface area contributed by atoms with Crippen LogP contribution in [0.3, 0.4) is 0 Å². The summed E-state index contributed by atoms with van der Waals surface area (Å²) < 4.78 is 5.18. The fourth-order valence-electron chi connectivity index (χ4n) is 2.56. The van der Waals surface area contributed by atoms with E-state index in [9.17, 15) is 9.90 Å². The molecule has 1 aromatic carbocycles. The summed E-state index contributed by atoms with van der Waals surface area (Å²) in [5.74, 6) is -0.275. The van der Waals surface area contributed by atoms with Gasteiger partial charge in [-0.3, -0.25) is 4.79 Å². The SMILES string of the molecule is COc1c(C)cc(C2(C(=O)O)CCC2)cc1C#N. The van der Waals surface area contributed by atoms with E-state index < -0.39 is 11.4 Å². The second kappa shape index (κ2) is 4.34. The van der Waals surface area contributed by atoms with Crippen LogP contribution < -0.4 is 4.74 Å². The van der Waals surface area contributed by atoms with Gasteiger partial charge in [-0.1, -0.05) is 12.5 Å². The van der Waals surface area contributed by atoms with Gasteiger partial charge in [0.05, 0.1) is 18.1 Å². The first-order valence-electron chi connectivity index (χ1n) is 5.88. The molecule has 0 unspecified atom stereocenters. The zero-order chi connectivity index (χ0) is 13.3. The van der Waals surface area contributed by atoms with Crippen LogP contribution in [0.15, 0.2) is 12.1 Å². The Morgan fingerprint density at radius 2 is 2.17 bits per heavy atom. The van der Waals surface area contributed by atoms with Gasteiger partial charge in [-0.05, 0) is 37.0 Å². The number of aliphatic carboxylic acids is 1. The molecule has 1 N–H and O–H groups in total. The third kappa shape index (κ3) is 1.63. The standard InChI is InChI=1S/C14H15NO3/c1-9-6-11(7-10(8-15)12(9)18-2)14(13(16)17)4-3-5-14/h6-7H,3-5H2,1-2H3,(H,16,17). The van der Waals surface area contributed by atoms with Gasteiger partial charge in [0, 0.05) is 0 Å². The van der Waals surface area contributed by atoms with E-state index >= 15 is 0 Å². The fourth-order valence-corrected chi connectivity index (χ4v) is 2.56. The maximum Gasteiger partial charge on any atom is 0.314 e. The molecule has 0 bridgehead atoms. The summed E-state index contributed by atoms with van der Waals surface area (Å²) in [6.07, 6.45) is 2.19. The minimum Gasteiger partial charge on any atom is -0.495 e. The number of benzene rings is 1. The maximum atomic E-state index is 11.5. The number of rotatable bonds is 3. The predicted molar refractivity (Wildman–Crippen MR) is 65.6 cm³/mol. The Labute approximate surface area is 106 Å². The Morgan fingerprint density at radius 1 is 1.50 bits per heavy atom. The molecule has 0 aliphatic heterocycles. The molecule has 0 radical (unpaired) electrons. The number of hydrogen-bond donors (Lipinski definition) is 1. The lowest BCUT2D eigenvalue weighted by atomic mass is 9.64. The highest BCUT2D eigenvalue weighted by atomic mass is 16.5. The molecule has 1 aliphatic rings. The monoisotopic (exact) mass is 245 g/mol. The topological polar surface area (TPSA) is 70.3 Å². The van der Waals surface area contributed by atoms with Crippen LogP contribution in [0.5, 0.6) is 5.75 Å². The second-order valence-corrected chi connectivity index (χ2v) is 4.73. The molecule has 2 rings (SSSR count). The summed E-state index contributed by atoms with van der Waals surface area (Å²) >= 11 is 0. The number of carboxylic acids is 1. The molecule has 94 valence electrons. The van der Waals surface area contributed by atoms with E-state index in [1.165, 1.54) is 7.11 Å². The minimum absolute atomic E-state index is 0.403. The highest BCUT2D eigenvalue weighted by Crippen LogP contribution is 2.45. The van der Waals surface area contributed by atoms with Crippen molar-refractivity contribution in [3.8, 4) is 11.8 Å². The molecule has 0 spiro atoms. The van der Waals surface area contributed by atoms with Gasteiger partial charge in [0.2, 0.25) is 0 Å². The number of nitriles is 1. The van der Waals surface area contributed by atoms with Crippen molar-refractivity contribution < 1.29 is 14.6 Å². The number of carboxylic acid groups (broad SMARTS) is 1. The van der Waals surface area contributed by atoms with E-state index in [0.717, 1.165) is 17.5 Å². The largest absolute Gasteiger partial charge is 0.495 e. The third-order valence-electron chi connectivity index (χ3n) is 3.77. The van der Waals surface area contributed by atoms with E-state index in [1.807, 2.05) is 13.0 Å². The molecule has 0 heterocycles. The van der Waals surface area contributed by atoms with Crippen molar-refractivity contribution in [1.29, 1.82) is 5.26 Å². The fraction of sp³-hybridized carbons (Fsp3) is 0.429. The smallest absolute Gasteiger partial charge is 0.314 e. The maximum absolute atomic E-state index is 11.5. The van der Waals surface area contributed by atoms with E-state index in [2.05, 4.69) is 6.07 Å². The van der Waals surface area contributed by atoms with Crippen LogP contribution in [0.4, 0.5) is 0 Å². The summed E-state index contributed by atoms with van der Waals surface area (Å²) in [4.78, 5) is 11.5. The molecular formula is C14H15NO3. The van der Waals surface area contributed by atoms with E-state index in [4.69, 9.17) is 10.00 Å². The molecule has 0 amide bonds. The molecule has 1 aliphatic carbocycles. The molecular weight excluding hydrogens is 230 g/mol. The number of methoxy groups -OCH3 is 1. The van der Waals surface area contributed by atoms with Crippen molar-refractivity contribution in [1.82, 2.24) is 0 Å². The van der Waals surface area contributed by atoms with Crippen LogP contribution in [-0.4, -0.2) is 18.2 Å². The summed E-state index contributed by atoms with van der Waals surface area (Å²) in [5.41, 5.74) is 1.12. The van der Waals surface area contributed by atoms with Crippen molar-refractivity contribution >= 4 is 5.97 Å². The molecule has 0 saturated heterocycles. The molecule has 0 atom stereocenters. The first-order chi connectivity index (χ1) is 8.55. The van der Waals surface area contributed by atoms with Crippen LogP contribution in [0.25, 0.3) is 0 Å². The second-order valence-electron chi connectivity index (χ2n) is 4.73. The van der Waals surface area contributed by atoms with Crippen LogP contribution >= 0.6 is 0 Å². The van der Waals surface area contributed by atoms with Gasteiger partial charge in [0.25, 0.3) is 0 Å². The Bertz CT molecular complexity index is 539. The molecule has 18 heavy (non-hydrogen) atoms. The number of carbonyl (C=O) groups is 1. The van der Waals surface area contributed by atoms with E-state index in [-0.39, 0.29) is 0 Å². The van der Waals surface area contributed by atoms with E-state index in [0.29, 0.717) is 24.2 Å². The van der Waals surface area contributed by atoms with Gasteiger partial charge < -0.3 is 9.84 Å². The van der Waals surface area contributed by atoms with Crippen LogP contribution in [-0.2, 0) is 10.2 Å². The molecule has 1 fully saturated rings. The van der Waals surface area contributed by atoms with Crippen molar-refractivity contribution in [2.24, 2.45) is 0 Å². The highest BCUT2D eigenvalue weighted by Gasteiger charge is 2.46. The lowest BCUT2D eigenvalue weighted by Crippen LogP contribution is -2.42. The molecule has 1 saturated carbocycles. The highest BCUT2D eigenvalue weighted by molar-refractivity contribution is 5.83. The van der Waals surface area contributed by atoms with Crippen molar-refractivity contribution in [2.45, 2.75) is 31.6 Å². The first kappa shape index (κ1) is 12.4. The number of ether oxygens (including phenoxy) is 1. The predicted octanol–water partition coefficient (Wildman–Crippen LogP) is 2.38. The van der Waals surface area contributed by atoms with Crippen LogP contribution in [0, 0.1) is 18.3 Å². The average molecular weight is 245 g/mol. The zero-order valence-electron chi connectivity index (χ0n) is 10.5. The first-order valence-corrected chi connectivity index (χ1v) is 5.88. The van der Waals surface area contributed by atoms with Crippen molar-refractivity contribution in [3.05, 3.63) is 28.8 Å². The summed E-state index contributed by atoms with van der Waals surface area (Å²) in [6.45, 7) is 1.83. The normalized spacial score (nSPS) is 16.5. The molecule has 1 aromatic rings. The molecule has 4 heteroatoms.